The lowest BCUT2D eigenvalue weighted by Gasteiger charge is -2.20. The standard InChI is InChI=1S/C32H29ClF5N3O2/c1-41(2)28(42)11-5-3-4-8-14-43-27-13-12-21(17-40-27)29(23-15-20-9-6-7-10-22(20)31(23)33)24(16-32(36,37)38)30-25(34)18-39-19-26(30)35/h5-7,9-13,17-19H,3-4,8,14-16H2,1-2H3/b11-5+,29-24+. The van der Waals surface area contributed by atoms with E-state index in [1.807, 2.05) is 0 Å². The number of ether oxygens (including phenoxy) is 1. The minimum absolute atomic E-state index is 0.0550. The van der Waals surface area contributed by atoms with E-state index >= 15 is 0 Å². The Bertz CT molecular complexity index is 1540. The molecule has 5 nitrogen and oxygen atoms in total. The molecule has 226 valence electrons. The number of rotatable bonds is 11. The number of aromatic nitrogens is 2. The molecule has 1 amide bonds. The lowest BCUT2D eigenvalue weighted by molar-refractivity contribution is -0.124. The van der Waals surface area contributed by atoms with E-state index in [-0.39, 0.29) is 34.4 Å². The molecular weight excluding hydrogens is 589 g/mol. The van der Waals surface area contributed by atoms with Crippen molar-refractivity contribution in [3.63, 3.8) is 0 Å². The molecule has 4 rings (SSSR count). The maximum Gasteiger partial charge on any atom is 0.393 e. The van der Waals surface area contributed by atoms with Crippen LogP contribution >= 0.6 is 11.6 Å². The summed E-state index contributed by atoms with van der Waals surface area (Å²) in [5.41, 5.74) is 0.413. The van der Waals surface area contributed by atoms with Gasteiger partial charge in [0.15, 0.2) is 11.6 Å². The van der Waals surface area contributed by atoms with Crippen LogP contribution in [0, 0.1) is 11.6 Å². The second-order valence-corrected chi connectivity index (χ2v) is 10.5. The first-order valence-electron chi connectivity index (χ1n) is 13.5. The van der Waals surface area contributed by atoms with E-state index in [2.05, 4.69) is 9.97 Å². The van der Waals surface area contributed by atoms with Gasteiger partial charge in [0.05, 0.1) is 36.0 Å². The van der Waals surface area contributed by atoms with Crippen molar-refractivity contribution in [2.24, 2.45) is 0 Å². The van der Waals surface area contributed by atoms with E-state index in [0.717, 1.165) is 12.0 Å². The highest BCUT2D eigenvalue weighted by Gasteiger charge is 2.36. The minimum Gasteiger partial charge on any atom is -0.478 e. The van der Waals surface area contributed by atoms with Crippen molar-refractivity contribution < 1.29 is 31.5 Å². The summed E-state index contributed by atoms with van der Waals surface area (Å²) >= 11 is 6.71. The van der Waals surface area contributed by atoms with Gasteiger partial charge in [-0.15, -0.1) is 0 Å². The summed E-state index contributed by atoms with van der Waals surface area (Å²) < 4.78 is 77.5. The molecular formula is C32H29ClF5N3O2. The van der Waals surface area contributed by atoms with Crippen molar-refractivity contribution >= 4 is 33.7 Å². The number of carbonyl (C=O) groups is 1. The Hall–Kier alpha value is -4.05. The lowest BCUT2D eigenvalue weighted by atomic mass is 9.87. The molecule has 43 heavy (non-hydrogen) atoms. The first kappa shape index (κ1) is 31.9. The Labute approximate surface area is 251 Å². The highest BCUT2D eigenvalue weighted by atomic mass is 35.5. The SMILES string of the molecule is CN(C)C(=O)/C=C/CCCCOc1ccc(/C(C2=C(Cl)c3ccccc3C2)=C(/CC(F)(F)F)c2c(F)cncc2F)cn1. The fraction of sp³-hybridized carbons (Fsp3) is 0.281. The number of fused-ring (bicyclic) bond motifs is 1. The van der Waals surface area contributed by atoms with Crippen LogP contribution in [0.25, 0.3) is 16.2 Å². The number of alkyl halides is 3. The number of halogens is 6. The van der Waals surface area contributed by atoms with Crippen LogP contribution in [0.3, 0.4) is 0 Å². The van der Waals surface area contributed by atoms with Gasteiger partial charge in [-0.3, -0.25) is 9.78 Å². The Balaban J connectivity index is 1.67. The summed E-state index contributed by atoms with van der Waals surface area (Å²) in [7, 11) is 3.34. The minimum atomic E-state index is -4.80. The van der Waals surface area contributed by atoms with Crippen molar-refractivity contribution in [1.29, 1.82) is 0 Å². The van der Waals surface area contributed by atoms with Gasteiger partial charge in [0.1, 0.15) is 0 Å². The summed E-state index contributed by atoms with van der Waals surface area (Å²) in [6.45, 7) is 0.323. The molecule has 2 heterocycles. The van der Waals surface area contributed by atoms with E-state index in [0.29, 0.717) is 43.0 Å². The van der Waals surface area contributed by atoms with Crippen molar-refractivity contribution in [3.8, 4) is 5.88 Å². The summed E-state index contributed by atoms with van der Waals surface area (Å²) in [6.07, 6.45) is 1.83. The number of hydrogen-bond donors (Lipinski definition) is 0. The fourth-order valence-electron chi connectivity index (χ4n) is 4.74. The molecule has 2 aromatic heterocycles. The van der Waals surface area contributed by atoms with Crippen molar-refractivity contribution in [2.75, 3.05) is 20.7 Å². The highest BCUT2D eigenvalue weighted by Crippen LogP contribution is 2.47. The third-order valence-electron chi connectivity index (χ3n) is 6.76. The Morgan fingerprint density at radius 1 is 1.05 bits per heavy atom. The molecule has 11 heteroatoms. The van der Waals surface area contributed by atoms with Crippen LogP contribution < -0.4 is 4.74 Å². The molecule has 1 aromatic carbocycles. The number of nitrogens with zero attached hydrogens (tertiary/aromatic N) is 3. The summed E-state index contributed by atoms with van der Waals surface area (Å²) in [6, 6.07) is 10.1. The summed E-state index contributed by atoms with van der Waals surface area (Å²) in [5, 5.41) is 0.196. The number of hydrogen-bond acceptors (Lipinski definition) is 4. The average Bonchev–Trinajstić information content (AvgIpc) is 3.28. The number of amides is 1. The fourth-order valence-corrected chi connectivity index (χ4v) is 5.08. The van der Waals surface area contributed by atoms with Crippen molar-refractivity contribution in [2.45, 2.75) is 38.3 Å². The molecule has 1 aliphatic rings. The monoisotopic (exact) mass is 617 g/mol. The van der Waals surface area contributed by atoms with Crippen LogP contribution in [0.4, 0.5) is 22.0 Å². The smallest absolute Gasteiger partial charge is 0.393 e. The zero-order chi connectivity index (χ0) is 31.1. The third-order valence-corrected chi connectivity index (χ3v) is 7.19. The largest absolute Gasteiger partial charge is 0.478 e. The molecule has 0 radical (unpaired) electrons. The summed E-state index contributed by atoms with van der Waals surface area (Å²) in [4.78, 5) is 20.8. The maximum absolute atomic E-state index is 15.0. The number of carbonyl (C=O) groups excluding carboxylic acids is 1. The van der Waals surface area contributed by atoms with Gasteiger partial charge in [0.25, 0.3) is 0 Å². The number of allylic oxidation sites excluding steroid dienone is 4. The van der Waals surface area contributed by atoms with Gasteiger partial charge in [-0.05, 0) is 59.3 Å². The van der Waals surface area contributed by atoms with Gasteiger partial charge in [-0.2, -0.15) is 13.2 Å². The van der Waals surface area contributed by atoms with Crippen LogP contribution in [0.2, 0.25) is 0 Å². The molecule has 0 spiro atoms. The lowest BCUT2D eigenvalue weighted by Crippen LogP contribution is -2.18. The van der Waals surface area contributed by atoms with Crippen molar-refractivity contribution in [1.82, 2.24) is 14.9 Å². The zero-order valence-corrected chi connectivity index (χ0v) is 24.3. The third kappa shape index (κ3) is 8.07. The molecule has 0 N–H and O–H groups in total. The van der Waals surface area contributed by atoms with Gasteiger partial charge in [0, 0.05) is 38.3 Å². The quantitative estimate of drug-likeness (QED) is 0.124. The molecule has 0 fully saturated rings. The second kappa shape index (κ2) is 13.9. The zero-order valence-electron chi connectivity index (χ0n) is 23.5. The van der Waals surface area contributed by atoms with Gasteiger partial charge in [-0.1, -0.05) is 41.9 Å². The molecule has 0 aliphatic heterocycles. The Kier molecular flexibility index (Phi) is 10.3. The topological polar surface area (TPSA) is 55.3 Å². The van der Waals surface area contributed by atoms with Gasteiger partial charge in [0.2, 0.25) is 11.8 Å². The second-order valence-electron chi connectivity index (χ2n) is 10.1. The maximum atomic E-state index is 15.0. The van der Waals surface area contributed by atoms with Crippen LogP contribution in [-0.4, -0.2) is 47.7 Å². The number of unbranched alkanes of at least 4 members (excludes halogenated alkanes) is 2. The first-order valence-corrected chi connectivity index (χ1v) is 13.9. The van der Waals surface area contributed by atoms with E-state index in [9.17, 15) is 26.7 Å². The van der Waals surface area contributed by atoms with E-state index in [1.165, 1.54) is 29.3 Å². The van der Waals surface area contributed by atoms with Gasteiger partial charge < -0.3 is 9.64 Å². The molecule has 1 aliphatic carbocycles. The van der Waals surface area contributed by atoms with E-state index in [1.54, 1.807) is 44.4 Å². The normalized spacial score (nSPS) is 13.8. The van der Waals surface area contributed by atoms with Crippen LogP contribution in [0.5, 0.6) is 5.88 Å². The van der Waals surface area contributed by atoms with E-state index < -0.39 is 35.4 Å². The Morgan fingerprint density at radius 2 is 1.77 bits per heavy atom. The highest BCUT2D eigenvalue weighted by molar-refractivity contribution is 6.51. The summed E-state index contributed by atoms with van der Waals surface area (Å²) in [5.74, 6) is -2.31. The number of pyridine rings is 2. The Morgan fingerprint density at radius 3 is 2.40 bits per heavy atom. The number of benzene rings is 1. The number of likely N-dealkylation sites (N-methyl/N-ethyl adjacent to an activating group) is 1. The predicted molar refractivity (Wildman–Crippen MR) is 156 cm³/mol. The molecule has 0 bridgehead atoms. The van der Waals surface area contributed by atoms with Crippen LogP contribution in [0.15, 0.2) is 72.7 Å². The van der Waals surface area contributed by atoms with Crippen LogP contribution in [-0.2, 0) is 11.2 Å². The van der Waals surface area contributed by atoms with Gasteiger partial charge >= 0.3 is 6.18 Å². The average molecular weight is 618 g/mol. The molecule has 3 aromatic rings. The van der Waals surface area contributed by atoms with Gasteiger partial charge in [-0.25, -0.2) is 13.8 Å². The van der Waals surface area contributed by atoms with Crippen LogP contribution in [0.1, 0.15) is 47.9 Å². The van der Waals surface area contributed by atoms with Crippen molar-refractivity contribution in [3.05, 3.63) is 107 Å². The first-order chi connectivity index (χ1) is 20.5. The molecule has 0 unspecified atom stereocenters. The predicted octanol–water partition coefficient (Wildman–Crippen LogP) is 8.02. The molecule has 0 atom stereocenters. The molecule has 0 saturated heterocycles. The molecule has 0 saturated carbocycles. The van der Waals surface area contributed by atoms with E-state index in [4.69, 9.17) is 16.3 Å².